The minimum Gasteiger partial charge on any atom is -0.356 e. The van der Waals surface area contributed by atoms with Crippen LogP contribution < -0.4 is 10.2 Å². The Hall–Kier alpha value is -3.13. The Morgan fingerprint density at radius 1 is 1.00 bits per heavy atom. The lowest BCUT2D eigenvalue weighted by Crippen LogP contribution is -2.38. The van der Waals surface area contributed by atoms with Gasteiger partial charge in [-0.1, -0.05) is 24.6 Å². The number of benzene rings is 1. The van der Waals surface area contributed by atoms with Crippen molar-refractivity contribution < 1.29 is 9.59 Å². The molecule has 186 valence electrons. The van der Waals surface area contributed by atoms with Gasteiger partial charge in [-0.25, -0.2) is 4.68 Å². The van der Waals surface area contributed by atoms with E-state index in [1.807, 2.05) is 29.9 Å². The number of aryl methyl sites for hydroxylation is 2. The molecular weight excluding hydrogens is 440 g/mol. The fraction of sp³-hybridized carbons (Fsp3) is 0.519. The molecule has 8 heteroatoms. The van der Waals surface area contributed by atoms with Crippen molar-refractivity contribution in [3.63, 3.8) is 0 Å². The molecule has 0 radical (unpaired) electrons. The highest BCUT2D eigenvalue weighted by Crippen LogP contribution is 2.33. The van der Waals surface area contributed by atoms with Gasteiger partial charge in [0.05, 0.1) is 5.69 Å². The summed E-state index contributed by atoms with van der Waals surface area (Å²) in [6.07, 6.45) is 8.26. The first-order chi connectivity index (χ1) is 17.1. The second-order valence-electron chi connectivity index (χ2n) is 9.79. The maximum absolute atomic E-state index is 13.1. The van der Waals surface area contributed by atoms with E-state index in [4.69, 9.17) is 5.10 Å². The fourth-order valence-electron chi connectivity index (χ4n) is 5.37. The summed E-state index contributed by atoms with van der Waals surface area (Å²) in [5, 5.41) is 8.97. The Labute approximate surface area is 206 Å². The van der Waals surface area contributed by atoms with Crippen LogP contribution >= 0.6 is 0 Å². The van der Waals surface area contributed by atoms with Crippen LogP contribution in [0.5, 0.6) is 0 Å². The third-order valence-electron chi connectivity index (χ3n) is 7.25. The zero-order valence-corrected chi connectivity index (χ0v) is 20.7. The van der Waals surface area contributed by atoms with Gasteiger partial charge in [0.15, 0.2) is 0 Å². The van der Waals surface area contributed by atoms with Crippen LogP contribution in [0.25, 0.3) is 22.2 Å². The van der Waals surface area contributed by atoms with Crippen molar-refractivity contribution in [3.05, 3.63) is 36.5 Å². The molecule has 0 aliphatic carbocycles. The van der Waals surface area contributed by atoms with Crippen LogP contribution in [0.4, 0.5) is 5.82 Å². The summed E-state index contributed by atoms with van der Waals surface area (Å²) in [4.78, 5) is 29.7. The molecule has 1 saturated heterocycles. The Bertz CT molecular complexity index is 1190. The van der Waals surface area contributed by atoms with Gasteiger partial charge in [0.2, 0.25) is 11.8 Å². The number of para-hydroxylation sites is 1. The van der Waals surface area contributed by atoms with Gasteiger partial charge < -0.3 is 14.8 Å². The first-order valence-electron chi connectivity index (χ1n) is 13.0. The molecule has 1 aromatic carbocycles. The van der Waals surface area contributed by atoms with Crippen molar-refractivity contribution in [1.82, 2.24) is 24.6 Å². The van der Waals surface area contributed by atoms with Crippen LogP contribution in [-0.2, 0) is 23.2 Å². The number of carbonyl (C=O) groups excluding carboxylic acids is 2. The number of nitrogens with one attached hydrogen (secondary N) is 1. The van der Waals surface area contributed by atoms with E-state index >= 15 is 0 Å². The van der Waals surface area contributed by atoms with Crippen molar-refractivity contribution in [1.29, 1.82) is 0 Å². The number of aromatic nitrogens is 3. The van der Waals surface area contributed by atoms with Crippen molar-refractivity contribution in [2.75, 3.05) is 37.6 Å². The van der Waals surface area contributed by atoms with Crippen LogP contribution in [0.2, 0.25) is 0 Å². The largest absolute Gasteiger partial charge is 0.356 e. The van der Waals surface area contributed by atoms with E-state index in [9.17, 15) is 9.59 Å². The number of anilines is 1. The summed E-state index contributed by atoms with van der Waals surface area (Å²) in [5.41, 5.74) is 3.10. The number of amides is 2. The molecule has 0 unspecified atom stereocenters. The van der Waals surface area contributed by atoms with E-state index in [0.29, 0.717) is 13.1 Å². The van der Waals surface area contributed by atoms with Crippen molar-refractivity contribution >= 4 is 28.5 Å². The summed E-state index contributed by atoms with van der Waals surface area (Å²) < 4.78 is 4.04. The highest BCUT2D eigenvalue weighted by molar-refractivity contribution is 5.98. The lowest BCUT2D eigenvalue weighted by Gasteiger charge is -2.27. The van der Waals surface area contributed by atoms with Gasteiger partial charge in [-0.2, -0.15) is 5.10 Å². The molecule has 0 spiro atoms. The predicted molar refractivity (Wildman–Crippen MR) is 138 cm³/mol. The molecule has 2 amide bonds. The summed E-state index contributed by atoms with van der Waals surface area (Å²) in [7, 11) is 2.04. The minimum absolute atomic E-state index is 0.0150. The number of rotatable bonds is 8. The summed E-state index contributed by atoms with van der Waals surface area (Å²) >= 11 is 0. The van der Waals surface area contributed by atoms with Gasteiger partial charge in [-0.05, 0) is 51.4 Å². The lowest BCUT2D eigenvalue weighted by atomic mass is 10.1. The number of hydrogen-bond donors (Lipinski definition) is 1. The van der Waals surface area contributed by atoms with E-state index in [1.165, 1.54) is 32.4 Å². The van der Waals surface area contributed by atoms with Gasteiger partial charge in [-0.3, -0.25) is 14.5 Å². The molecule has 0 atom stereocenters. The highest BCUT2D eigenvalue weighted by atomic mass is 16.2. The molecule has 8 nitrogen and oxygen atoms in total. The summed E-state index contributed by atoms with van der Waals surface area (Å²) in [5.74, 6) is 0.767. The van der Waals surface area contributed by atoms with Crippen molar-refractivity contribution in [2.45, 2.75) is 51.5 Å². The SMILES string of the molecule is Cn1cc(-c2cc3n(n2)CCCN3C(=O)CCC(=O)NCCCN2CCCCC2)c2ccccc21. The molecule has 5 rings (SSSR count). The van der Waals surface area contributed by atoms with E-state index in [-0.39, 0.29) is 24.7 Å². The normalized spacial score (nSPS) is 16.4. The third kappa shape index (κ3) is 5.27. The van der Waals surface area contributed by atoms with Crippen LogP contribution in [0.15, 0.2) is 36.5 Å². The second-order valence-corrected chi connectivity index (χ2v) is 9.79. The summed E-state index contributed by atoms with van der Waals surface area (Å²) in [6.45, 7) is 5.52. The molecule has 2 aliphatic rings. The first-order valence-corrected chi connectivity index (χ1v) is 13.0. The number of carbonyl (C=O) groups is 2. The Kier molecular flexibility index (Phi) is 7.18. The zero-order chi connectivity index (χ0) is 24.2. The first kappa shape index (κ1) is 23.6. The van der Waals surface area contributed by atoms with Gasteiger partial charge in [0.25, 0.3) is 0 Å². The lowest BCUT2D eigenvalue weighted by molar-refractivity contribution is -0.125. The molecule has 3 aromatic rings. The Balaban J connectivity index is 1.17. The van der Waals surface area contributed by atoms with Crippen LogP contribution in [-0.4, -0.2) is 63.8 Å². The number of fused-ring (bicyclic) bond motifs is 2. The molecule has 4 heterocycles. The quantitative estimate of drug-likeness (QED) is 0.505. The van der Waals surface area contributed by atoms with Crippen LogP contribution in [0, 0.1) is 0 Å². The van der Waals surface area contributed by atoms with E-state index in [0.717, 1.165) is 53.9 Å². The number of hydrogen-bond acceptors (Lipinski definition) is 4. The monoisotopic (exact) mass is 476 g/mol. The van der Waals surface area contributed by atoms with E-state index in [2.05, 4.69) is 33.1 Å². The van der Waals surface area contributed by atoms with Crippen molar-refractivity contribution in [2.24, 2.45) is 7.05 Å². The second kappa shape index (κ2) is 10.6. The van der Waals surface area contributed by atoms with Gasteiger partial charge in [0, 0.05) is 68.3 Å². The molecule has 2 aromatic heterocycles. The maximum atomic E-state index is 13.1. The minimum atomic E-state index is -0.0426. The maximum Gasteiger partial charge on any atom is 0.228 e. The molecule has 35 heavy (non-hydrogen) atoms. The van der Waals surface area contributed by atoms with E-state index < -0.39 is 0 Å². The van der Waals surface area contributed by atoms with Gasteiger partial charge in [-0.15, -0.1) is 0 Å². The Morgan fingerprint density at radius 3 is 2.69 bits per heavy atom. The smallest absolute Gasteiger partial charge is 0.228 e. The average molecular weight is 477 g/mol. The number of likely N-dealkylation sites (tertiary alicyclic amines) is 1. The van der Waals surface area contributed by atoms with Gasteiger partial charge >= 0.3 is 0 Å². The molecular formula is C27H36N6O2. The third-order valence-corrected chi connectivity index (χ3v) is 7.25. The summed E-state index contributed by atoms with van der Waals surface area (Å²) in [6, 6.07) is 10.3. The molecule has 0 saturated carbocycles. The van der Waals surface area contributed by atoms with Crippen LogP contribution in [0.1, 0.15) is 44.9 Å². The highest BCUT2D eigenvalue weighted by Gasteiger charge is 2.26. The molecule has 1 N–H and O–H groups in total. The average Bonchev–Trinajstić information content (AvgIpc) is 3.47. The van der Waals surface area contributed by atoms with Crippen LogP contribution in [0.3, 0.4) is 0 Å². The predicted octanol–water partition coefficient (Wildman–Crippen LogP) is 3.55. The molecule has 0 bridgehead atoms. The Morgan fingerprint density at radius 2 is 1.83 bits per heavy atom. The van der Waals surface area contributed by atoms with Crippen molar-refractivity contribution in [3.8, 4) is 11.3 Å². The molecule has 1 fully saturated rings. The fourth-order valence-corrected chi connectivity index (χ4v) is 5.37. The van der Waals surface area contributed by atoms with E-state index in [1.54, 1.807) is 4.90 Å². The number of nitrogens with zero attached hydrogens (tertiary/aromatic N) is 5. The topological polar surface area (TPSA) is 75.4 Å². The standard InChI is InChI=1S/C27H36N6O2/c1-30-20-22(21-9-3-4-10-24(21)30)23-19-26-32(17-8-18-33(26)29-23)27(35)12-11-25(34)28-13-7-16-31-14-5-2-6-15-31/h3-4,9-10,19-20H,2,5-8,11-18H2,1H3,(H,28,34). The van der Waals surface area contributed by atoms with Gasteiger partial charge in [0.1, 0.15) is 5.82 Å². The molecule has 2 aliphatic heterocycles. The zero-order valence-electron chi connectivity index (χ0n) is 20.7. The number of piperidine rings is 1.